The summed E-state index contributed by atoms with van der Waals surface area (Å²) < 4.78 is 0. The average molecular weight is 1630 g/mol. The third-order valence-electron chi connectivity index (χ3n) is 19.0. The fraction of sp³-hybridized carbons (Fsp3) is 0.261. The number of pyridine rings is 1. The summed E-state index contributed by atoms with van der Waals surface area (Å²) in [6, 6.07) is 47.2. The topological polar surface area (TPSA) is 424 Å². The highest BCUT2D eigenvalue weighted by Crippen LogP contribution is 2.39. The summed E-state index contributed by atoms with van der Waals surface area (Å²) in [6.07, 6.45) is 3.99. The predicted molar refractivity (Wildman–Crippen MR) is 443 cm³/mol. The zero-order chi connectivity index (χ0) is 86.7. The molecule has 0 saturated heterocycles. The molecule has 13 amide bonds. The number of benzene rings is 7. The highest BCUT2D eigenvalue weighted by Gasteiger charge is 2.42. The van der Waals surface area contributed by atoms with Gasteiger partial charge < -0.3 is 61.4 Å². The molecule has 3 aliphatic rings. The van der Waals surface area contributed by atoms with Crippen LogP contribution in [0.15, 0.2) is 207 Å². The fourth-order valence-corrected chi connectivity index (χ4v) is 13.5. The van der Waals surface area contributed by atoms with Gasteiger partial charge in [0.15, 0.2) is 0 Å². The van der Waals surface area contributed by atoms with Crippen LogP contribution < -0.4 is 66.6 Å². The second-order valence-corrected chi connectivity index (χ2v) is 28.4. The Morgan fingerprint density at radius 3 is 1.15 bits per heavy atom. The van der Waals surface area contributed by atoms with Gasteiger partial charge in [0.25, 0.3) is 35.4 Å². The van der Waals surface area contributed by atoms with Crippen LogP contribution in [0.1, 0.15) is 100 Å². The minimum atomic E-state index is -1.22. The maximum Gasteiger partial charge on any atom is 0.322 e. The largest absolute Gasteiger partial charge is 0.345 e. The van der Waals surface area contributed by atoms with E-state index in [1.165, 1.54) is 57.1 Å². The molecule has 7 N–H and O–H groups in total. The SMILES string of the molecule is CC(=O)C[C@@H](C=O)NC(=O)CN1C(=O)[C@@H](NC(=O)c2ccccc2)CN(C(=O)Cc2ccncc2)c2ccccc21.CC(=O)C[C@@H](C=O)NC(=O)CN1C(=O)[C@@H](NC(=O)c2ccccc2)CN(C(=O)NCc2ccccc2)c2ccccc21.CC(=O)C[C@@H](C=O)NC(=O)CN1C(=O)[C@@H](NC(=O)c2ccccc2)CN(C(C)=O)c2cc(C)cc(C)c21. The van der Waals surface area contributed by atoms with Crippen LogP contribution in [-0.4, -0.2) is 188 Å². The molecule has 3 aliphatic heterocycles. The number of nitrogens with one attached hydrogen (secondary N) is 7. The molecule has 11 rings (SSSR count). The molecule has 0 unspecified atom stereocenters. The standard InChI is InChI=1S/C31H31N5O6.C30H29N5O6.C27H30N4O6/c1-21(38)16-24(20-37)33-28(39)19-35-26-14-8-9-15-27(26)36(31(42)32-17-22-10-4-2-5-11-22)18-25(30(35)41)34-29(40)23-12-6-3-7-13-23;1-20(37)15-23(19-36)32-27(38)18-35-26-10-6-5-9-25(26)34(28(39)16-21-11-13-31-14-12-21)17-24(30(35)41)33-29(40)22-7-3-2-4-8-22;1-16-10-17(2)25-23(11-16)30(19(4)34)13-22(29-26(36)20-8-6-5-7-9-20)27(37)31(25)14-24(35)28-21(15-32)12-18(3)33/h2-15,20,24-25H,16-19H2,1H3,(H,32,42)(H,33,39)(H,34,40);2-14,19,23-24H,15-18H2,1H3,(H,32,38)(H,33,40);5-11,15,21-22H,12-14H2,1-4H3,(H,28,35)(H,29,36)/t24-,25-;23-,24-;21-,22-/m000/s1. The second kappa shape index (κ2) is 42.7. The summed E-state index contributed by atoms with van der Waals surface area (Å²) in [5.74, 6) is -6.96. The number of Topliss-reactive ketones (excluding diaryl/α,β-unsaturated/α-hetero) is 3. The molecule has 0 bridgehead atoms. The Kier molecular flexibility index (Phi) is 31.7. The molecular weight excluding hydrogens is 1540 g/mol. The normalized spacial score (nSPS) is 15.3. The fourth-order valence-electron chi connectivity index (χ4n) is 13.5. The summed E-state index contributed by atoms with van der Waals surface area (Å²) in [5, 5.41) is 18.4. The summed E-state index contributed by atoms with van der Waals surface area (Å²) in [4.78, 5) is 240. The molecule has 0 spiro atoms. The minimum Gasteiger partial charge on any atom is -0.345 e. The lowest BCUT2D eigenvalue weighted by Gasteiger charge is -2.27. The van der Waals surface area contributed by atoms with Crippen LogP contribution in [0.3, 0.4) is 0 Å². The van der Waals surface area contributed by atoms with Crippen molar-refractivity contribution in [1.29, 1.82) is 0 Å². The number of anilines is 6. The van der Waals surface area contributed by atoms with E-state index >= 15 is 0 Å². The quantitative estimate of drug-likeness (QED) is 0.0312. The number of aldehydes is 3. The van der Waals surface area contributed by atoms with Gasteiger partial charge in [-0.25, -0.2) is 4.79 Å². The smallest absolute Gasteiger partial charge is 0.322 e. The van der Waals surface area contributed by atoms with E-state index in [1.54, 1.807) is 177 Å². The Labute approximate surface area is 690 Å². The van der Waals surface area contributed by atoms with Crippen LogP contribution >= 0.6 is 0 Å². The zero-order valence-electron chi connectivity index (χ0n) is 66.6. The Morgan fingerprint density at radius 1 is 0.408 bits per heavy atom. The monoisotopic (exact) mass is 1630 g/mol. The summed E-state index contributed by atoms with van der Waals surface area (Å²) >= 11 is 0. The number of rotatable bonds is 28. The van der Waals surface area contributed by atoms with Crippen molar-refractivity contribution in [2.45, 2.75) is 110 Å². The number of amides is 13. The number of carbonyl (C=O) groups is 18. The highest BCUT2D eigenvalue weighted by atomic mass is 16.2. The van der Waals surface area contributed by atoms with Crippen molar-refractivity contribution in [2.24, 2.45) is 0 Å². The molecule has 0 fully saturated rings. The minimum absolute atomic E-state index is 0.0109. The van der Waals surface area contributed by atoms with Crippen molar-refractivity contribution in [1.82, 2.24) is 42.2 Å². The van der Waals surface area contributed by atoms with Crippen LogP contribution in [0.2, 0.25) is 0 Å². The first-order valence-electron chi connectivity index (χ1n) is 38.1. The Morgan fingerprint density at radius 2 is 0.758 bits per heavy atom. The third kappa shape index (κ3) is 24.4. The molecule has 1 aromatic heterocycles. The molecule has 32 heteroatoms. The molecule has 120 heavy (non-hydrogen) atoms. The van der Waals surface area contributed by atoms with E-state index in [0.29, 0.717) is 69.4 Å². The number of hydrogen-bond donors (Lipinski definition) is 7. The Balaban J connectivity index is 0.000000205. The number of nitrogens with zero attached hydrogens (tertiary/aromatic N) is 7. The van der Waals surface area contributed by atoms with Gasteiger partial charge in [0.1, 0.15) is 74.0 Å². The summed E-state index contributed by atoms with van der Waals surface area (Å²) in [7, 11) is 0. The van der Waals surface area contributed by atoms with E-state index in [0.717, 1.165) is 11.1 Å². The van der Waals surface area contributed by atoms with E-state index in [-0.39, 0.29) is 92.4 Å². The molecule has 0 aliphatic carbocycles. The lowest BCUT2D eigenvalue weighted by molar-refractivity contribution is -0.127. The first-order valence-corrected chi connectivity index (χ1v) is 38.1. The number of carbonyl (C=O) groups excluding carboxylic acids is 18. The molecular formula is C88H90N14O18. The van der Waals surface area contributed by atoms with Gasteiger partial charge in [-0.15, -0.1) is 0 Å². The van der Waals surface area contributed by atoms with Gasteiger partial charge in [0.05, 0.1) is 78.3 Å². The first-order chi connectivity index (χ1) is 57.5. The lowest BCUT2D eigenvalue weighted by Crippen LogP contribution is -2.55. The van der Waals surface area contributed by atoms with Crippen LogP contribution in [0.4, 0.5) is 38.9 Å². The molecule has 7 aromatic carbocycles. The number of hydrogen-bond acceptors (Lipinski definition) is 19. The van der Waals surface area contributed by atoms with Crippen molar-refractivity contribution in [3.05, 3.63) is 245 Å². The van der Waals surface area contributed by atoms with Gasteiger partial charge in [-0.1, -0.05) is 115 Å². The van der Waals surface area contributed by atoms with Crippen LogP contribution in [0.5, 0.6) is 0 Å². The van der Waals surface area contributed by atoms with E-state index in [2.05, 4.69) is 42.2 Å². The van der Waals surface area contributed by atoms with Crippen molar-refractivity contribution in [3.63, 3.8) is 0 Å². The van der Waals surface area contributed by atoms with Gasteiger partial charge in [0.2, 0.25) is 29.5 Å². The maximum atomic E-state index is 13.9. The zero-order valence-corrected chi connectivity index (χ0v) is 66.6. The maximum absolute atomic E-state index is 13.9. The van der Waals surface area contributed by atoms with Crippen LogP contribution in [0.25, 0.3) is 0 Å². The molecule has 0 saturated carbocycles. The van der Waals surface area contributed by atoms with E-state index < -0.39 is 115 Å². The summed E-state index contributed by atoms with van der Waals surface area (Å²) in [5.41, 5.74) is 6.08. The molecule has 32 nitrogen and oxygen atoms in total. The number of para-hydroxylation sites is 4. The van der Waals surface area contributed by atoms with Crippen molar-refractivity contribution < 1.29 is 86.3 Å². The third-order valence-corrected chi connectivity index (χ3v) is 19.0. The van der Waals surface area contributed by atoms with Crippen LogP contribution in [0, 0.1) is 13.8 Å². The van der Waals surface area contributed by atoms with Gasteiger partial charge in [0, 0.05) is 61.8 Å². The average Bonchev–Trinajstić information content (AvgIpc) is 1.60. The predicted octanol–water partition coefficient (Wildman–Crippen LogP) is 5.14. The molecule has 0 radical (unpaired) electrons. The van der Waals surface area contributed by atoms with Gasteiger partial charge in [-0.05, 0) is 136 Å². The number of fused-ring (bicyclic) bond motifs is 3. The van der Waals surface area contributed by atoms with E-state index in [4.69, 9.17) is 0 Å². The highest BCUT2D eigenvalue weighted by molar-refractivity contribution is 6.15. The van der Waals surface area contributed by atoms with E-state index in [9.17, 15) is 86.3 Å². The van der Waals surface area contributed by atoms with Crippen LogP contribution in [-0.2, 0) is 80.1 Å². The first kappa shape index (κ1) is 89.1. The molecule has 4 heterocycles. The van der Waals surface area contributed by atoms with Gasteiger partial charge in [-0.2, -0.15) is 0 Å². The van der Waals surface area contributed by atoms with E-state index in [1.807, 2.05) is 43.3 Å². The Hall–Kier alpha value is -14.9. The molecule has 620 valence electrons. The molecule has 6 atom stereocenters. The lowest BCUT2D eigenvalue weighted by atomic mass is 10.1. The van der Waals surface area contributed by atoms with Crippen molar-refractivity contribution >= 4 is 141 Å². The summed E-state index contributed by atoms with van der Waals surface area (Å²) in [6.45, 7) is 7.05. The van der Waals surface area contributed by atoms with Gasteiger partial charge in [-0.3, -0.25) is 91.7 Å². The van der Waals surface area contributed by atoms with Gasteiger partial charge >= 0.3 is 6.03 Å². The number of aromatic nitrogens is 1. The number of urea groups is 1. The second-order valence-electron chi connectivity index (χ2n) is 28.4. The van der Waals surface area contributed by atoms with Crippen molar-refractivity contribution in [3.8, 4) is 0 Å². The Bertz CT molecular complexity index is 5160. The molecule has 8 aromatic rings. The number of ketones is 3. The number of aryl methyl sites for hydroxylation is 2. The van der Waals surface area contributed by atoms with Crippen molar-refractivity contribution in [2.75, 3.05) is 68.7 Å².